The Balaban J connectivity index is 2.26. The molecule has 1 aromatic rings. The minimum Gasteiger partial charge on any atom is -0.487 e. The van der Waals surface area contributed by atoms with Crippen molar-refractivity contribution in [2.45, 2.75) is 188 Å². The lowest BCUT2D eigenvalue weighted by Crippen LogP contribution is -2.50. The molecule has 7 atom stereocenters. The first-order valence-corrected chi connectivity index (χ1v) is 24.0. The van der Waals surface area contributed by atoms with Crippen LogP contribution in [0.15, 0.2) is 0 Å². The molecule has 0 aliphatic carbocycles. The lowest BCUT2D eigenvalue weighted by Gasteiger charge is -2.38. The fraction of sp³-hybridized carbons (Fsp3) is 0.723. The van der Waals surface area contributed by atoms with Crippen molar-refractivity contribution in [3.63, 3.8) is 0 Å². The van der Waals surface area contributed by atoms with Crippen LogP contribution in [0.3, 0.4) is 0 Å². The van der Waals surface area contributed by atoms with Crippen LogP contribution in [0.4, 0.5) is 0 Å². The predicted molar refractivity (Wildman–Crippen MR) is 247 cm³/mol. The summed E-state index contributed by atoms with van der Waals surface area (Å²) < 4.78 is 12.9. The van der Waals surface area contributed by atoms with E-state index >= 15 is 0 Å². The second kappa shape index (κ2) is 27.2. The third kappa shape index (κ3) is 19.0. The van der Waals surface area contributed by atoms with Crippen LogP contribution in [-0.4, -0.2) is 98.2 Å². The first-order chi connectivity index (χ1) is 30.0. The summed E-state index contributed by atoms with van der Waals surface area (Å²) in [5.74, 6) is -4.40. The number of hydrogen-bond donors (Lipinski definition) is 7. The SMILES string of the molecule is CCC(NC(=O)CC(SCC(NC(=O)CCC(N)C(=O)O)C(=O)NCC(=O)O)C(=O)Oc1c(C)c(C)c2c(c1C)CCC(C)(CCCC(C)CCCC(C)CCCC(C)C)O2)C(=O)O. The van der Waals surface area contributed by atoms with E-state index in [4.69, 9.17) is 25.4 Å². The van der Waals surface area contributed by atoms with E-state index in [0.29, 0.717) is 29.2 Å². The molecule has 17 heteroatoms. The van der Waals surface area contributed by atoms with Crippen LogP contribution in [0.1, 0.15) is 154 Å². The molecule has 0 radical (unpaired) electrons. The first kappa shape index (κ1) is 55.8. The maximum atomic E-state index is 14.1. The van der Waals surface area contributed by atoms with Gasteiger partial charge >= 0.3 is 23.9 Å². The highest BCUT2D eigenvalue weighted by molar-refractivity contribution is 8.00. The number of thioether (sulfide) groups is 1. The van der Waals surface area contributed by atoms with E-state index in [2.05, 4.69) is 50.6 Å². The number of carboxylic acids is 3. The van der Waals surface area contributed by atoms with Crippen LogP contribution in [0.25, 0.3) is 0 Å². The van der Waals surface area contributed by atoms with Crippen molar-refractivity contribution in [3.8, 4) is 11.5 Å². The molecule has 0 bridgehead atoms. The van der Waals surface area contributed by atoms with Gasteiger partial charge in [0.05, 0.1) is 0 Å². The molecule has 7 unspecified atom stereocenters. The quantitative estimate of drug-likeness (QED) is 0.0326. The number of benzene rings is 1. The number of ether oxygens (including phenoxy) is 2. The molecule has 8 N–H and O–H groups in total. The third-order valence-corrected chi connectivity index (χ3v) is 13.5. The maximum absolute atomic E-state index is 14.1. The first-order valence-electron chi connectivity index (χ1n) is 22.9. The van der Waals surface area contributed by atoms with Crippen LogP contribution in [-0.2, 0) is 40.0 Å². The Morgan fingerprint density at radius 2 is 1.39 bits per heavy atom. The largest absolute Gasteiger partial charge is 0.487 e. The average Bonchev–Trinajstić information content (AvgIpc) is 3.22. The number of amides is 3. The van der Waals surface area contributed by atoms with Gasteiger partial charge in [0.2, 0.25) is 17.7 Å². The van der Waals surface area contributed by atoms with Crippen molar-refractivity contribution >= 4 is 53.4 Å². The molecule has 0 saturated heterocycles. The predicted octanol–water partition coefficient (Wildman–Crippen LogP) is 6.39. The van der Waals surface area contributed by atoms with Crippen molar-refractivity contribution in [2.75, 3.05) is 12.3 Å². The molecule has 362 valence electrons. The fourth-order valence-corrected chi connectivity index (χ4v) is 9.02. The van der Waals surface area contributed by atoms with Crippen molar-refractivity contribution < 1.29 is 58.4 Å². The summed E-state index contributed by atoms with van der Waals surface area (Å²) in [6.07, 6.45) is 11.1. The van der Waals surface area contributed by atoms with Crippen LogP contribution in [0.2, 0.25) is 0 Å². The standard InChI is InChI=1S/C47H76N4O12S/c1-10-35(45(59)60)50-39(53)24-37(64-26-36(43(56)49-25-40(54)55)51-38(52)20-19-34(48)44(57)58)46(61)62-41-30(6)31(7)42-33(32(41)8)21-23-47(9,63-42)22-13-18-29(5)17-12-16-28(4)15-11-14-27(2)3/h27-29,34-37H,10-26,48H2,1-9H3,(H,49,56)(H,50,53)(H,51,52)(H,54,55)(H,57,58)(H,59,60). The molecule has 1 aromatic carbocycles. The van der Waals surface area contributed by atoms with Crippen LogP contribution in [0.5, 0.6) is 11.5 Å². The number of esters is 1. The van der Waals surface area contributed by atoms with Crippen LogP contribution >= 0.6 is 11.8 Å². The summed E-state index contributed by atoms with van der Waals surface area (Å²) >= 11 is 0.776. The number of carboxylic acid groups (broad SMARTS) is 3. The molecule has 1 aliphatic rings. The lowest BCUT2D eigenvalue weighted by atomic mass is 9.83. The zero-order chi connectivity index (χ0) is 48.3. The highest BCUT2D eigenvalue weighted by atomic mass is 32.2. The van der Waals surface area contributed by atoms with Gasteiger partial charge in [0.25, 0.3) is 0 Å². The molecule has 1 heterocycles. The zero-order valence-electron chi connectivity index (χ0n) is 39.6. The molecular formula is C47H76N4O12S. The van der Waals surface area contributed by atoms with Gasteiger partial charge in [-0.1, -0.05) is 79.6 Å². The highest BCUT2D eigenvalue weighted by Crippen LogP contribution is 2.45. The maximum Gasteiger partial charge on any atom is 0.326 e. The number of rotatable bonds is 30. The Morgan fingerprint density at radius 3 is 1.95 bits per heavy atom. The van der Waals surface area contributed by atoms with Gasteiger partial charge in [-0.3, -0.25) is 28.8 Å². The molecular weight excluding hydrogens is 845 g/mol. The Kier molecular flexibility index (Phi) is 23.7. The van der Waals surface area contributed by atoms with Gasteiger partial charge in [-0.05, 0) is 101 Å². The van der Waals surface area contributed by atoms with Crippen molar-refractivity contribution in [3.05, 3.63) is 22.3 Å². The Labute approximate surface area is 383 Å². The number of nitrogens with two attached hydrogens (primary N) is 1. The average molecular weight is 921 g/mol. The number of fused-ring (bicyclic) bond motifs is 1. The van der Waals surface area contributed by atoms with Gasteiger partial charge in [0.15, 0.2) is 0 Å². The van der Waals surface area contributed by atoms with Crippen molar-refractivity contribution in [2.24, 2.45) is 23.5 Å². The van der Waals surface area contributed by atoms with E-state index < -0.39 is 77.9 Å². The molecule has 0 aromatic heterocycles. The van der Waals surface area contributed by atoms with Gasteiger partial charge in [-0.25, -0.2) is 4.79 Å². The normalized spacial score (nSPS) is 17.4. The molecule has 3 amide bonds. The van der Waals surface area contributed by atoms with Crippen molar-refractivity contribution in [1.29, 1.82) is 0 Å². The number of carbonyl (C=O) groups is 7. The van der Waals surface area contributed by atoms with E-state index in [1.165, 1.54) is 38.5 Å². The van der Waals surface area contributed by atoms with E-state index in [1.807, 2.05) is 20.8 Å². The van der Waals surface area contributed by atoms with Gasteiger partial charge in [-0.15, -0.1) is 11.8 Å². The molecule has 2 rings (SSSR count). The summed E-state index contributed by atoms with van der Waals surface area (Å²) in [6, 6.07) is -4.01. The van der Waals surface area contributed by atoms with Gasteiger partial charge in [0.1, 0.15) is 47.0 Å². The summed E-state index contributed by atoms with van der Waals surface area (Å²) in [7, 11) is 0. The fourth-order valence-electron chi connectivity index (χ4n) is 7.91. The molecule has 0 fully saturated rings. The topological polar surface area (TPSA) is 261 Å². The smallest absolute Gasteiger partial charge is 0.326 e. The van der Waals surface area contributed by atoms with E-state index in [1.54, 1.807) is 6.92 Å². The van der Waals surface area contributed by atoms with Crippen LogP contribution in [0, 0.1) is 38.5 Å². The summed E-state index contributed by atoms with van der Waals surface area (Å²) in [5.41, 5.74) is 8.22. The summed E-state index contributed by atoms with van der Waals surface area (Å²) in [4.78, 5) is 87.3. The Hall–Kier alpha value is -4.38. The third-order valence-electron chi connectivity index (χ3n) is 12.2. The van der Waals surface area contributed by atoms with Crippen LogP contribution < -0.4 is 31.2 Å². The number of nitrogens with one attached hydrogen (secondary N) is 3. The Bertz CT molecular complexity index is 1770. The molecule has 16 nitrogen and oxygen atoms in total. The monoisotopic (exact) mass is 921 g/mol. The molecule has 64 heavy (non-hydrogen) atoms. The molecule has 0 spiro atoms. The van der Waals surface area contributed by atoms with E-state index in [0.717, 1.165) is 66.2 Å². The zero-order valence-corrected chi connectivity index (χ0v) is 40.4. The number of hydrogen-bond acceptors (Lipinski definition) is 11. The minimum absolute atomic E-state index is 0.0675. The second-order valence-electron chi connectivity index (χ2n) is 18.5. The van der Waals surface area contributed by atoms with Gasteiger partial charge in [0, 0.05) is 24.2 Å². The second-order valence-corrected chi connectivity index (χ2v) is 19.7. The highest BCUT2D eigenvalue weighted by Gasteiger charge is 2.36. The molecule has 1 aliphatic heterocycles. The van der Waals surface area contributed by atoms with Gasteiger partial charge < -0.3 is 46.5 Å². The molecule has 0 saturated carbocycles. The van der Waals surface area contributed by atoms with Crippen molar-refractivity contribution in [1.82, 2.24) is 16.0 Å². The lowest BCUT2D eigenvalue weighted by molar-refractivity contribution is -0.142. The number of carbonyl (C=O) groups excluding carboxylic acids is 4. The van der Waals surface area contributed by atoms with E-state index in [-0.39, 0.29) is 30.6 Å². The minimum atomic E-state index is -1.43. The number of aliphatic carboxylic acids is 3. The van der Waals surface area contributed by atoms with E-state index in [9.17, 15) is 38.7 Å². The Morgan fingerprint density at radius 1 is 0.797 bits per heavy atom. The summed E-state index contributed by atoms with van der Waals surface area (Å²) in [5, 5.41) is 33.5. The van der Waals surface area contributed by atoms with Gasteiger partial charge in [-0.2, -0.15) is 0 Å². The summed E-state index contributed by atoms with van der Waals surface area (Å²) in [6.45, 7) is 17.8.